The fraction of sp³-hybridized carbons (Fsp3) is 0.105. The molecule has 31 heavy (non-hydrogen) atoms. The quantitative estimate of drug-likeness (QED) is 0.364. The molecule has 4 aromatic rings. The molecule has 0 aliphatic carbocycles. The monoisotopic (exact) mass is 451 g/mol. The van der Waals surface area contributed by atoms with Crippen molar-refractivity contribution in [1.82, 2.24) is 24.7 Å². The van der Waals surface area contributed by atoms with Gasteiger partial charge in [-0.05, 0) is 42.9 Å². The number of alkyl halides is 3. The van der Waals surface area contributed by atoms with Gasteiger partial charge in [0.1, 0.15) is 11.6 Å². The van der Waals surface area contributed by atoms with Crippen molar-refractivity contribution < 1.29 is 26.0 Å². The van der Waals surface area contributed by atoms with Crippen molar-refractivity contribution in [3.63, 3.8) is 0 Å². The number of rotatable bonds is 4. The van der Waals surface area contributed by atoms with Gasteiger partial charge in [0, 0.05) is 18.0 Å². The molecule has 7 nitrogen and oxygen atoms in total. The van der Waals surface area contributed by atoms with Gasteiger partial charge in [-0.3, -0.25) is 0 Å². The van der Waals surface area contributed by atoms with Gasteiger partial charge >= 0.3 is 6.18 Å². The zero-order valence-electron chi connectivity index (χ0n) is 15.7. The Kier molecular flexibility index (Phi) is 4.98. The van der Waals surface area contributed by atoms with Crippen LogP contribution < -0.4 is 4.72 Å². The number of H-pyrrole nitrogens is 1. The second-order valence-electron chi connectivity index (χ2n) is 6.47. The SMILES string of the molecule is CNS(=O)(=O)c1ncc(-c2ccc(-c3nc4ccc(C(F)(F)F)cc4[nH]3)c(F)c2)cn1. The molecule has 0 aliphatic rings. The van der Waals surface area contributed by atoms with Crippen LogP contribution in [0.4, 0.5) is 17.6 Å². The van der Waals surface area contributed by atoms with Crippen LogP contribution in [0, 0.1) is 5.82 Å². The Morgan fingerprint density at radius 2 is 1.71 bits per heavy atom. The third kappa shape index (κ3) is 3.99. The minimum Gasteiger partial charge on any atom is -0.338 e. The van der Waals surface area contributed by atoms with Gasteiger partial charge in [0.25, 0.3) is 15.2 Å². The molecular formula is C19H13F4N5O2S. The van der Waals surface area contributed by atoms with Crippen molar-refractivity contribution >= 4 is 21.1 Å². The molecule has 4 rings (SSSR count). The van der Waals surface area contributed by atoms with Crippen LogP contribution in [0.1, 0.15) is 5.56 Å². The first-order valence-corrected chi connectivity index (χ1v) is 10.2. The highest BCUT2D eigenvalue weighted by Gasteiger charge is 2.30. The fourth-order valence-corrected chi connectivity index (χ4v) is 3.46. The number of aromatic nitrogens is 4. The van der Waals surface area contributed by atoms with Gasteiger partial charge in [0.2, 0.25) is 0 Å². The maximum Gasteiger partial charge on any atom is 0.416 e. The Hall–Kier alpha value is -3.38. The largest absolute Gasteiger partial charge is 0.416 e. The molecule has 2 aromatic heterocycles. The Morgan fingerprint density at radius 1 is 1.00 bits per heavy atom. The normalized spacial score (nSPS) is 12.4. The van der Waals surface area contributed by atoms with Gasteiger partial charge in [-0.15, -0.1) is 0 Å². The van der Waals surface area contributed by atoms with Crippen LogP contribution in [-0.2, 0) is 16.2 Å². The highest BCUT2D eigenvalue weighted by atomic mass is 32.2. The number of aromatic amines is 1. The number of nitrogens with one attached hydrogen (secondary N) is 2. The molecule has 2 heterocycles. The molecule has 0 saturated heterocycles. The third-order valence-corrected chi connectivity index (χ3v) is 5.73. The highest BCUT2D eigenvalue weighted by molar-refractivity contribution is 7.89. The van der Waals surface area contributed by atoms with Crippen molar-refractivity contribution in [2.45, 2.75) is 11.3 Å². The predicted octanol–water partition coefficient (Wildman–Crippen LogP) is 3.75. The summed E-state index contributed by atoms with van der Waals surface area (Å²) in [4.78, 5) is 14.4. The third-order valence-electron chi connectivity index (χ3n) is 4.50. The first-order valence-electron chi connectivity index (χ1n) is 8.71. The average Bonchev–Trinajstić information content (AvgIpc) is 3.16. The Labute approximate surface area is 173 Å². The van der Waals surface area contributed by atoms with Crippen molar-refractivity contribution in [3.8, 4) is 22.5 Å². The summed E-state index contributed by atoms with van der Waals surface area (Å²) in [5.41, 5.74) is 0.368. The Morgan fingerprint density at radius 3 is 2.32 bits per heavy atom. The van der Waals surface area contributed by atoms with Gasteiger partial charge < -0.3 is 4.98 Å². The minimum atomic E-state index is -4.50. The number of hydrogen-bond donors (Lipinski definition) is 2. The Balaban J connectivity index is 1.68. The van der Waals surface area contributed by atoms with Gasteiger partial charge in [-0.1, -0.05) is 6.07 Å². The van der Waals surface area contributed by atoms with E-state index in [0.717, 1.165) is 12.1 Å². The second-order valence-corrected chi connectivity index (χ2v) is 8.25. The van der Waals surface area contributed by atoms with Crippen LogP contribution >= 0.6 is 0 Å². The molecule has 0 spiro atoms. The van der Waals surface area contributed by atoms with Gasteiger partial charge in [-0.2, -0.15) is 13.2 Å². The summed E-state index contributed by atoms with van der Waals surface area (Å²) in [6.07, 6.45) is -2.02. The molecule has 0 atom stereocenters. The molecule has 12 heteroatoms. The van der Waals surface area contributed by atoms with Crippen LogP contribution in [0.5, 0.6) is 0 Å². The van der Waals surface area contributed by atoms with Gasteiger partial charge in [0.15, 0.2) is 0 Å². The van der Waals surface area contributed by atoms with E-state index in [1.807, 2.05) is 0 Å². The summed E-state index contributed by atoms with van der Waals surface area (Å²) in [6.45, 7) is 0. The standard InChI is InChI=1S/C19H13F4N5O2S/c1-24-31(29,30)18-25-8-11(9-26-18)10-2-4-13(14(20)6-10)17-27-15-5-3-12(19(21,22)23)7-16(15)28-17/h2-9,24H,1H3,(H,27,28). The summed E-state index contributed by atoms with van der Waals surface area (Å²) in [5.74, 6) is -0.607. The maximum absolute atomic E-state index is 14.8. The highest BCUT2D eigenvalue weighted by Crippen LogP contribution is 2.32. The number of imidazole rings is 1. The zero-order chi connectivity index (χ0) is 22.4. The van der Waals surface area contributed by atoms with Crippen LogP contribution in [-0.4, -0.2) is 35.4 Å². The molecular weight excluding hydrogens is 438 g/mol. The van der Waals surface area contributed by atoms with E-state index in [-0.39, 0.29) is 22.4 Å². The molecule has 0 aliphatic heterocycles. The first kappa shape index (κ1) is 20.9. The molecule has 0 unspecified atom stereocenters. The number of hydrogen-bond acceptors (Lipinski definition) is 5. The number of sulfonamides is 1. The van der Waals surface area contributed by atoms with Crippen LogP contribution in [0.2, 0.25) is 0 Å². The van der Waals surface area contributed by atoms with E-state index >= 15 is 0 Å². The summed E-state index contributed by atoms with van der Waals surface area (Å²) in [5, 5.41) is -0.420. The fourth-order valence-electron chi connectivity index (χ4n) is 2.90. The molecule has 0 radical (unpaired) electrons. The van der Waals surface area contributed by atoms with Crippen molar-refractivity contribution in [1.29, 1.82) is 0 Å². The molecule has 0 saturated carbocycles. The van der Waals surface area contributed by atoms with E-state index in [9.17, 15) is 26.0 Å². The van der Waals surface area contributed by atoms with E-state index in [2.05, 4.69) is 24.7 Å². The van der Waals surface area contributed by atoms with Crippen molar-refractivity contribution in [2.24, 2.45) is 0 Å². The minimum absolute atomic E-state index is 0.0591. The maximum atomic E-state index is 14.8. The molecule has 0 fully saturated rings. The van der Waals surface area contributed by atoms with E-state index in [4.69, 9.17) is 0 Å². The Bertz CT molecular complexity index is 1380. The van der Waals surface area contributed by atoms with E-state index < -0.39 is 32.7 Å². The average molecular weight is 451 g/mol. The smallest absolute Gasteiger partial charge is 0.338 e. The lowest BCUT2D eigenvalue weighted by Gasteiger charge is -2.06. The number of halogens is 4. The molecule has 0 bridgehead atoms. The van der Waals surface area contributed by atoms with E-state index in [1.54, 1.807) is 0 Å². The molecule has 2 aromatic carbocycles. The lowest BCUT2D eigenvalue weighted by atomic mass is 10.1. The number of fused-ring (bicyclic) bond motifs is 1. The molecule has 0 amide bonds. The summed E-state index contributed by atoms with van der Waals surface area (Å²) >= 11 is 0. The molecule has 160 valence electrons. The second kappa shape index (κ2) is 7.39. The summed E-state index contributed by atoms with van der Waals surface area (Å²) < 4.78 is 78.9. The van der Waals surface area contributed by atoms with Crippen molar-refractivity contribution in [2.75, 3.05) is 7.05 Å². The first-order chi connectivity index (χ1) is 14.6. The summed E-state index contributed by atoms with van der Waals surface area (Å²) in [6, 6.07) is 7.15. The van der Waals surface area contributed by atoms with Crippen LogP contribution in [0.15, 0.2) is 53.9 Å². The summed E-state index contributed by atoms with van der Waals surface area (Å²) in [7, 11) is -2.58. The number of nitrogens with zero attached hydrogens (tertiary/aromatic N) is 3. The topological polar surface area (TPSA) is 101 Å². The lowest BCUT2D eigenvalue weighted by Crippen LogP contribution is -2.21. The van der Waals surface area contributed by atoms with Gasteiger partial charge in [-0.25, -0.2) is 32.5 Å². The van der Waals surface area contributed by atoms with E-state index in [0.29, 0.717) is 11.1 Å². The van der Waals surface area contributed by atoms with Crippen LogP contribution in [0.3, 0.4) is 0 Å². The number of benzene rings is 2. The predicted molar refractivity (Wildman–Crippen MR) is 104 cm³/mol. The van der Waals surface area contributed by atoms with Crippen molar-refractivity contribution in [3.05, 3.63) is 60.2 Å². The lowest BCUT2D eigenvalue weighted by molar-refractivity contribution is -0.137. The van der Waals surface area contributed by atoms with E-state index in [1.165, 1.54) is 43.7 Å². The zero-order valence-corrected chi connectivity index (χ0v) is 16.5. The van der Waals surface area contributed by atoms with Gasteiger partial charge in [0.05, 0.1) is 22.2 Å². The molecule has 2 N–H and O–H groups in total. The van der Waals surface area contributed by atoms with Crippen LogP contribution in [0.25, 0.3) is 33.5 Å².